The lowest BCUT2D eigenvalue weighted by molar-refractivity contribution is -0.0884. The molecule has 0 saturated heterocycles. The molecule has 0 aliphatic carbocycles. The number of Topliss-reactive ketones (excluding diaryl/α,β-unsaturated/α-hetero) is 1. The molecule has 3 aromatic rings. The minimum absolute atomic E-state index is 0.0257. The maximum Gasteiger partial charge on any atom is 0.454 e. The Morgan fingerprint density at radius 3 is 2.13 bits per heavy atom. The third-order valence-electron chi connectivity index (χ3n) is 5.00. The van der Waals surface area contributed by atoms with Gasteiger partial charge >= 0.3 is 12.4 Å². The first-order valence-electron chi connectivity index (χ1n) is 9.12. The van der Waals surface area contributed by atoms with Gasteiger partial charge in [-0.15, -0.1) is 0 Å². The largest absolute Gasteiger partial charge is 0.454 e. The van der Waals surface area contributed by atoms with Crippen molar-refractivity contribution in [3.8, 4) is 0 Å². The van der Waals surface area contributed by atoms with Crippen molar-refractivity contribution in [2.75, 3.05) is 5.32 Å². The fourth-order valence-corrected chi connectivity index (χ4v) is 3.56. The highest BCUT2D eigenvalue weighted by atomic mass is 19.4. The number of alkyl halides is 6. The van der Waals surface area contributed by atoms with Gasteiger partial charge in [0.2, 0.25) is 0 Å². The Balaban J connectivity index is 2.00. The molecule has 0 aromatic heterocycles. The van der Waals surface area contributed by atoms with Crippen LogP contribution in [0.4, 0.5) is 32.0 Å². The summed E-state index contributed by atoms with van der Waals surface area (Å²) in [5.74, 6) is -2.21. The van der Waals surface area contributed by atoms with Gasteiger partial charge in [-0.05, 0) is 23.9 Å². The number of aliphatic imine (C=N–C) groups is 1. The van der Waals surface area contributed by atoms with E-state index in [9.17, 15) is 31.1 Å². The van der Waals surface area contributed by atoms with Crippen molar-refractivity contribution >= 4 is 28.0 Å². The molecule has 0 saturated carbocycles. The number of carbonyl (C=O) groups excluding carboxylic acids is 1. The van der Waals surface area contributed by atoms with E-state index >= 15 is 0 Å². The number of ketones is 1. The number of halogens is 6. The monoisotopic (exact) mass is 436 g/mol. The van der Waals surface area contributed by atoms with E-state index in [4.69, 9.17) is 0 Å². The lowest BCUT2D eigenvalue weighted by Crippen LogP contribution is -2.32. The summed E-state index contributed by atoms with van der Waals surface area (Å²) in [6.07, 6.45) is -11.3. The van der Waals surface area contributed by atoms with Crippen LogP contribution in [0.15, 0.2) is 59.6 Å². The Bertz CT molecular complexity index is 1210. The van der Waals surface area contributed by atoms with Crippen LogP contribution in [-0.4, -0.2) is 23.8 Å². The third-order valence-corrected chi connectivity index (χ3v) is 5.00. The number of nitrogens with zero attached hydrogens (tertiary/aromatic N) is 1. The van der Waals surface area contributed by atoms with Crippen molar-refractivity contribution in [1.82, 2.24) is 0 Å². The van der Waals surface area contributed by atoms with Crippen LogP contribution in [0.2, 0.25) is 0 Å². The Morgan fingerprint density at radius 1 is 0.935 bits per heavy atom. The van der Waals surface area contributed by atoms with Crippen molar-refractivity contribution in [3.05, 3.63) is 76.9 Å². The van der Waals surface area contributed by atoms with Gasteiger partial charge in [-0.25, -0.2) is 0 Å². The van der Waals surface area contributed by atoms with E-state index in [0.29, 0.717) is 11.6 Å². The van der Waals surface area contributed by atoms with Crippen LogP contribution < -0.4 is 5.32 Å². The van der Waals surface area contributed by atoms with Gasteiger partial charge in [0.15, 0.2) is 5.71 Å². The molecule has 4 rings (SSSR count). The quantitative estimate of drug-likeness (QED) is 0.375. The smallest absolute Gasteiger partial charge is 0.359 e. The van der Waals surface area contributed by atoms with Crippen molar-refractivity contribution in [3.63, 3.8) is 0 Å². The number of aryl methyl sites for hydroxylation is 1. The van der Waals surface area contributed by atoms with Crippen molar-refractivity contribution in [1.29, 1.82) is 0 Å². The number of rotatable bonds is 2. The van der Waals surface area contributed by atoms with E-state index in [-0.39, 0.29) is 16.5 Å². The van der Waals surface area contributed by atoms with Gasteiger partial charge in [0.05, 0.1) is 5.69 Å². The molecule has 3 aromatic carbocycles. The van der Waals surface area contributed by atoms with Gasteiger partial charge in [-0.3, -0.25) is 9.79 Å². The zero-order valence-electron chi connectivity index (χ0n) is 15.9. The van der Waals surface area contributed by atoms with Crippen molar-refractivity contribution in [2.24, 2.45) is 4.99 Å². The van der Waals surface area contributed by atoms with Crippen LogP contribution in [0.3, 0.4) is 0 Å². The minimum atomic E-state index is -5.24. The summed E-state index contributed by atoms with van der Waals surface area (Å²) in [6.45, 7) is 1.82. The molecule has 1 aliphatic rings. The van der Waals surface area contributed by atoms with Crippen LogP contribution in [0.1, 0.15) is 33.2 Å². The SMILES string of the molecule is Cc1ccc(C2N=C(C(F)(F)F)c3cc(C(=O)C(F)(F)F)c4ccccc4c3N2)cc1. The molecule has 1 heterocycles. The van der Waals surface area contributed by atoms with Crippen molar-refractivity contribution < 1.29 is 31.1 Å². The van der Waals surface area contributed by atoms with Crippen molar-refractivity contribution in [2.45, 2.75) is 25.4 Å². The van der Waals surface area contributed by atoms with E-state index in [0.717, 1.165) is 5.56 Å². The van der Waals surface area contributed by atoms with Crippen LogP contribution >= 0.6 is 0 Å². The van der Waals surface area contributed by atoms with E-state index in [1.54, 1.807) is 24.3 Å². The molecular weight excluding hydrogens is 422 g/mol. The van der Waals surface area contributed by atoms with Gasteiger partial charge < -0.3 is 5.32 Å². The second kappa shape index (κ2) is 7.11. The fraction of sp³-hybridized carbons (Fsp3) is 0.182. The zero-order valence-corrected chi connectivity index (χ0v) is 15.9. The summed E-state index contributed by atoms with van der Waals surface area (Å²) in [4.78, 5) is 15.7. The molecule has 0 fully saturated rings. The highest BCUT2D eigenvalue weighted by Crippen LogP contribution is 2.42. The third kappa shape index (κ3) is 3.75. The average Bonchev–Trinajstić information content (AvgIpc) is 2.71. The van der Waals surface area contributed by atoms with E-state index < -0.39 is 41.1 Å². The number of hydrogen-bond donors (Lipinski definition) is 1. The van der Waals surface area contributed by atoms with Gasteiger partial charge in [0, 0.05) is 16.5 Å². The maximum absolute atomic E-state index is 13.9. The number of carbonyl (C=O) groups is 1. The second-order valence-corrected chi connectivity index (χ2v) is 7.15. The minimum Gasteiger partial charge on any atom is -0.359 e. The molecule has 0 amide bonds. The zero-order chi connectivity index (χ0) is 22.6. The van der Waals surface area contributed by atoms with Gasteiger partial charge in [-0.2, -0.15) is 26.3 Å². The molecule has 1 unspecified atom stereocenters. The molecule has 0 radical (unpaired) electrons. The lowest BCUT2D eigenvalue weighted by atomic mass is 9.92. The Morgan fingerprint density at radius 2 is 1.55 bits per heavy atom. The summed E-state index contributed by atoms with van der Waals surface area (Å²) >= 11 is 0. The van der Waals surface area contributed by atoms with Gasteiger partial charge in [0.1, 0.15) is 6.17 Å². The predicted octanol–water partition coefficient (Wildman–Crippen LogP) is 6.37. The average molecular weight is 436 g/mol. The summed E-state index contributed by atoms with van der Waals surface area (Å²) in [5.41, 5.74) is -1.45. The number of nitrogens with one attached hydrogen (secondary N) is 1. The summed E-state index contributed by atoms with van der Waals surface area (Å²) in [5, 5.41) is 2.88. The number of hydrogen-bond acceptors (Lipinski definition) is 3. The predicted molar refractivity (Wildman–Crippen MR) is 104 cm³/mol. The van der Waals surface area contributed by atoms with Crippen LogP contribution in [0, 0.1) is 6.92 Å². The Hall–Kier alpha value is -3.36. The van der Waals surface area contributed by atoms with E-state index in [2.05, 4.69) is 10.3 Å². The molecule has 160 valence electrons. The first-order chi connectivity index (χ1) is 14.5. The Kier molecular flexibility index (Phi) is 4.79. The number of anilines is 1. The van der Waals surface area contributed by atoms with Crippen LogP contribution in [-0.2, 0) is 0 Å². The van der Waals surface area contributed by atoms with E-state index in [1.165, 1.54) is 24.3 Å². The summed E-state index contributed by atoms with van der Waals surface area (Å²) in [6, 6.07) is 12.9. The number of benzene rings is 3. The van der Waals surface area contributed by atoms with E-state index in [1.807, 2.05) is 6.92 Å². The summed E-state index contributed by atoms with van der Waals surface area (Å²) < 4.78 is 81.0. The highest BCUT2D eigenvalue weighted by Gasteiger charge is 2.44. The maximum atomic E-state index is 13.9. The normalized spacial score (nSPS) is 16.5. The first kappa shape index (κ1) is 20.9. The van der Waals surface area contributed by atoms with Gasteiger partial charge in [0.25, 0.3) is 5.78 Å². The van der Waals surface area contributed by atoms with Crippen LogP contribution in [0.25, 0.3) is 10.8 Å². The van der Waals surface area contributed by atoms with Gasteiger partial charge in [-0.1, -0.05) is 54.1 Å². The molecule has 3 nitrogen and oxygen atoms in total. The molecule has 9 heteroatoms. The first-order valence-corrected chi connectivity index (χ1v) is 9.12. The molecule has 0 spiro atoms. The molecule has 0 bridgehead atoms. The fourth-order valence-electron chi connectivity index (χ4n) is 3.56. The molecule has 1 atom stereocenters. The second-order valence-electron chi connectivity index (χ2n) is 7.15. The number of fused-ring (bicyclic) bond motifs is 3. The lowest BCUT2D eigenvalue weighted by Gasteiger charge is -2.29. The molecular formula is C22H14F6N2O. The molecule has 1 N–H and O–H groups in total. The Labute approximate surface area is 172 Å². The molecule has 31 heavy (non-hydrogen) atoms. The standard InChI is InChI=1S/C22H14F6N2O/c1-11-6-8-12(9-7-11)20-29-17-14-5-3-2-4-13(14)15(19(31)22(26,27)28)10-16(17)18(30-20)21(23,24)25/h2-10,20,29H,1H3. The molecule has 1 aliphatic heterocycles. The topological polar surface area (TPSA) is 41.5 Å². The summed E-state index contributed by atoms with van der Waals surface area (Å²) in [7, 11) is 0. The highest BCUT2D eigenvalue weighted by molar-refractivity contribution is 6.21. The van der Waals surface area contributed by atoms with Crippen LogP contribution in [0.5, 0.6) is 0 Å².